The van der Waals surface area contributed by atoms with Crippen LogP contribution in [0.15, 0.2) is 18.6 Å². The maximum atomic E-state index is 12.9. The number of amides is 1. The van der Waals surface area contributed by atoms with Gasteiger partial charge in [-0.05, 0) is 26.0 Å². The molecule has 24 heavy (non-hydrogen) atoms. The highest BCUT2D eigenvalue weighted by Crippen LogP contribution is 2.30. The minimum Gasteiger partial charge on any atom is -0.348 e. The Morgan fingerprint density at radius 3 is 2.71 bits per heavy atom. The van der Waals surface area contributed by atoms with Crippen LogP contribution in [0.3, 0.4) is 0 Å². The van der Waals surface area contributed by atoms with Crippen LogP contribution in [0.4, 0.5) is 13.2 Å². The summed E-state index contributed by atoms with van der Waals surface area (Å²) in [5.74, 6) is -0.348. The molecule has 0 saturated carbocycles. The molecular weight excluding hydrogens is 323 g/mol. The number of hydrogen-bond acceptors (Lipinski definition) is 4. The van der Waals surface area contributed by atoms with E-state index in [9.17, 15) is 18.0 Å². The first-order valence-electron chi connectivity index (χ1n) is 7.60. The van der Waals surface area contributed by atoms with Gasteiger partial charge in [-0.3, -0.25) is 9.69 Å². The maximum Gasteiger partial charge on any atom is 0.404 e. The monoisotopic (exact) mass is 341 g/mol. The fraction of sp³-hybridized carbons (Fsp3) is 0.533. The zero-order valence-corrected chi connectivity index (χ0v) is 13.3. The molecule has 2 aromatic heterocycles. The average Bonchev–Trinajstić information content (AvgIpc) is 2.87. The second kappa shape index (κ2) is 6.04. The quantitative estimate of drug-likeness (QED) is 0.904. The molecule has 1 saturated heterocycles. The molecule has 2 atom stereocenters. The van der Waals surface area contributed by atoms with Crippen LogP contribution < -0.4 is 5.32 Å². The first kappa shape index (κ1) is 16.7. The van der Waals surface area contributed by atoms with E-state index in [4.69, 9.17) is 0 Å². The van der Waals surface area contributed by atoms with Gasteiger partial charge >= 0.3 is 6.18 Å². The van der Waals surface area contributed by atoms with Gasteiger partial charge in [-0.25, -0.2) is 9.97 Å². The molecule has 6 nitrogen and oxygen atoms in total. The molecule has 9 heteroatoms. The van der Waals surface area contributed by atoms with Gasteiger partial charge in [-0.2, -0.15) is 13.2 Å². The van der Waals surface area contributed by atoms with Crippen molar-refractivity contribution >= 4 is 17.1 Å². The van der Waals surface area contributed by atoms with E-state index in [1.807, 2.05) is 0 Å². The Balaban J connectivity index is 1.66. The summed E-state index contributed by atoms with van der Waals surface area (Å²) in [6.45, 7) is 0.162. The highest BCUT2D eigenvalue weighted by atomic mass is 19.4. The van der Waals surface area contributed by atoms with Crippen molar-refractivity contribution in [2.75, 3.05) is 13.6 Å². The SMILES string of the molecule is CN1C[C@H](NC(=O)c2cnc3c(c2)ncn3C)CC[C@H]1C(F)(F)F. The minimum atomic E-state index is -4.24. The van der Waals surface area contributed by atoms with Crippen LogP contribution in [-0.2, 0) is 7.05 Å². The summed E-state index contributed by atoms with van der Waals surface area (Å²) in [5.41, 5.74) is 1.61. The van der Waals surface area contributed by atoms with Crippen molar-refractivity contribution < 1.29 is 18.0 Å². The molecule has 3 rings (SSSR count). The van der Waals surface area contributed by atoms with Gasteiger partial charge in [-0.15, -0.1) is 0 Å². The van der Waals surface area contributed by atoms with Crippen molar-refractivity contribution in [1.82, 2.24) is 24.8 Å². The number of likely N-dealkylation sites (tertiary alicyclic amines) is 1. The Hall–Kier alpha value is -2.16. The van der Waals surface area contributed by atoms with Gasteiger partial charge in [0.2, 0.25) is 0 Å². The third kappa shape index (κ3) is 3.21. The number of hydrogen-bond donors (Lipinski definition) is 1. The summed E-state index contributed by atoms with van der Waals surface area (Å²) >= 11 is 0. The summed E-state index contributed by atoms with van der Waals surface area (Å²) in [4.78, 5) is 21.9. The van der Waals surface area contributed by atoms with Crippen molar-refractivity contribution in [2.45, 2.75) is 31.1 Å². The van der Waals surface area contributed by atoms with Crippen LogP contribution in [0, 0.1) is 0 Å². The molecule has 0 unspecified atom stereocenters. The molecule has 3 heterocycles. The third-order valence-electron chi connectivity index (χ3n) is 4.36. The first-order valence-corrected chi connectivity index (χ1v) is 7.60. The van der Waals surface area contributed by atoms with Crippen molar-refractivity contribution in [3.8, 4) is 0 Å². The summed E-state index contributed by atoms with van der Waals surface area (Å²) in [5, 5.41) is 2.79. The molecule has 0 aliphatic carbocycles. The highest BCUT2D eigenvalue weighted by molar-refractivity contribution is 5.96. The fourth-order valence-electron chi connectivity index (χ4n) is 3.09. The van der Waals surface area contributed by atoms with Gasteiger partial charge in [0.25, 0.3) is 5.91 Å². The number of aromatic nitrogens is 3. The molecule has 1 amide bonds. The largest absolute Gasteiger partial charge is 0.404 e. The number of rotatable bonds is 2. The van der Waals surface area contributed by atoms with E-state index in [1.165, 1.54) is 18.1 Å². The molecule has 1 fully saturated rings. The fourth-order valence-corrected chi connectivity index (χ4v) is 3.09. The number of imidazole rings is 1. The van der Waals surface area contributed by atoms with E-state index in [1.54, 1.807) is 24.0 Å². The van der Waals surface area contributed by atoms with Gasteiger partial charge in [0, 0.05) is 25.8 Å². The lowest BCUT2D eigenvalue weighted by Gasteiger charge is -2.38. The summed E-state index contributed by atoms with van der Waals surface area (Å²) in [6.07, 6.45) is -0.920. The zero-order valence-electron chi connectivity index (χ0n) is 13.3. The Morgan fingerprint density at radius 1 is 1.29 bits per heavy atom. The molecule has 0 aromatic carbocycles. The third-order valence-corrected chi connectivity index (χ3v) is 4.36. The summed E-state index contributed by atoms with van der Waals surface area (Å²) in [6, 6.07) is -0.138. The number of alkyl halides is 3. The first-order chi connectivity index (χ1) is 11.3. The molecule has 1 aliphatic rings. The standard InChI is InChI=1S/C15H18F3N5O/c1-22-7-10(3-4-12(22)15(16,17)18)21-14(24)9-5-11-13(19-6-9)23(2)8-20-11/h5-6,8,10,12H,3-4,7H2,1-2H3,(H,21,24)/t10-,12+/m1/s1. The lowest BCUT2D eigenvalue weighted by atomic mass is 9.98. The van der Waals surface area contributed by atoms with Gasteiger partial charge in [0.1, 0.15) is 11.6 Å². The van der Waals surface area contributed by atoms with E-state index < -0.39 is 12.2 Å². The van der Waals surface area contributed by atoms with Crippen LogP contribution in [0.25, 0.3) is 11.2 Å². The van der Waals surface area contributed by atoms with Crippen LogP contribution >= 0.6 is 0 Å². The normalized spacial score (nSPS) is 22.7. The predicted octanol–water partition coefficient (Wildman–Crippen LogP) is 1.72. The molecule has 0 bridgehead atoms. The summed E-state index contributed by atoms with van der Waals surface area (Å²) in [7, 11) is 3.23. The number of aryl methyl sites for hydroxylation is 1. The van der Waals surface area contributed by atoms with Crippen LogP contribution in [0.5, 0.6) is 0 Å². The number of pyridine rings is 1. The topological polar surface area (TPSA) is 63.1 Å². The van der Waals surface area contributed by atoms with Crippen molar-refractivity contribution in [3.63, 3.8) is 0 Å². The van der Waals surface area contributed by atoms with E-state index in [2.05, 4.69) is 15.3 Å². The molecule has 1 N–H and O–H groups in total. The summed E-state index contributed by atoms with van der Waals surface area (Å²) < 4.78 is 40.3. The molecule has 1 aliphatic heterocycles. The zero-order chi connectivity index (χ0) is 17.5. The molecule has 2 aromatic rings. The lowest BCUT2D eigenvalue weighted by Crippen LogP contribution is -2.54. The molecular formula is C15H18F3N5O. The molecule has 0 spiro atoms. The van der Waals surface area contributed by atoms with Crippen LogP contribution in [0.1, 0.15) is 23.2 Å². The lowest BCUT2D eigenvalue weighted by molar-refractivity contribution is -0.188. The smallest absolute Gasteiger partial charge is 0.348 e. The number of nitrogens with one attached hydrogen (secondary N) is 1. The minimum absolute atomic E-state index is 0.0253. The number of halogens is 3. The second-order valence-electron chi connectivity index (χ2n) is 6.17. The number of piperidine rings is 1. The maximum absolute atomic E-state index is 12.9. The average molecular weight is 341 g/mol. The number of likely N-dealkylation sites (N-methyl/N-ethyl adjacent to an activating group) is 1. The van der Waals surface area contributed by atoms with Gasteiger partial charge in [0.15, 0.2) is 5.65 Å². The number of carbonyl (C=O) groups is 1. The second-order valence-corrected chi connectivity index (χ2v) is 6.17. The van der Waals surface area contributed by atoms with Crippen molar-refractivity contribution in [3.05, 3.63) is 24.2 Å². The Bertz CT molecular complexity index is 757. The molecule has 0 radical (unpaired) electrons. The van der Waals surface area contributed by atoms with E-state index in [-0.39, 0.29) is 24.9 Å². The Morgan fingerprint density at radius 2 is 2.04 bits per heavy atom. The highest BCUT2D eigenvalue weighted by Gasteiger charge is 2.44. The van der Waals surface area contributed by atoms with Crippen LogP contribution in [-0.4, -0.2) is 57.2 Å². The number of fused-ring (bicyclic) bond motifs is 1. The number of nitrogens with zero attached hydrogens (tertiary/aromatic N) is 4. The van der Waals surface area contributed by atoms with Crippen molar-refractivity contribution in [1.29, 1.82) is 0 Å². The predicted molar refractivity (Wildman–Crippen MR) is 81.5 cm³/mol. The van der Waals surface area contributed by atoms with Crippen LogP contribution in [0.2, 0.25) is 0 Å². The van der Waals surface area contributed by atoms with Gasteiger partial charge in [0.05, 0.1) is 11.9 Å². The Kier molecular flexibility index (Phi) is 4.20. The Labute approximate surface area is 136 Å². The van der Waals surface area contributed by atoms with E-state index in [0.29, 0.717) is 23.1 Å². The van der Waals surface area contributed by atoms with E-state index >= 15 is 0 Å². The van der Waals surface area contributed by atoms with Crippen molar-refractivity contribution in [2.24, 2.45) is 7.05 Å². The van der Waals surface area contributed by atoms with Gasteiger partial charge < -0.3 is 9.88 Å². The van der Waals surface area contributed by atoms with Gasteiger partial charge in [-0.1, -0.05) is 0 Å². The molecule has 130 valence electrons. The number of carbonyl (C=O) groups excluding carboxylic acids is 1. The van der Waals surface area contributed by atoms with E-state index in [0.717, 1.165) is 0 Å².